The van der Waals surface area contributed by atoms with Gasteiger partial charge in [-0.3, -0.25) is 22.9 Å². The molecule has 3 heterocycles. The van der Waals surface area contributed by atoms with E-state index >= 15 is 0 Å². The quantitative estimate of drug-likeness (QED) is 0.495. The van der Waals surface area contributed by atoms with Gasteiger partial charge in [0.15, 0.2) is 11.2 Å². The summed E-state index contributed by atoms with van der Waals surface area (Å²) in [6, 6.07) is 8.80. The highest BCUT2D eigenvalue weighted by Gasteiger charge is 2.26. The van der Waals surface area contributed by atoms with Gasteiger partial charge in [0.25, 0.3) is 5.56 Å². The van der Waals surface area contributed by atoms with Crippen LogP contribution in [0.15, 0.2) is 46.1 Å². The third kappa shape index (κ3) is 2.32. The molecule has 0 N–H and O–H groups in total. The van der Waals surface area contributed by atoms with Crippen molar-refractivity contribution in [1.82, 2.24) is 23.1 Å². The molecular formula is C19H19N5O4. The van der Waals surface area contributed by atoms with Gasteiger partial charge in [0.2, 0.25) is 5.78 Å². The third-order valence-electron chi connectivity index (χ3n) is 5.00. The lowest BCUT2D eigenvalue weighted by Gasteiger charge is -2.15. The number of carbonyl (C=O) groups excluding carboxylic acids is 1. The summed E-state index contributed by atoms with van der Waals surface area (Å²) in [5, 5.41) is 0. The predicted molar refractivity (Wildman–Crippen MR) is 103 cm³/mol. The number of imidazole rings is 2. The highest BCUT2D eigenvalue weighted by molar-refractivity contribution is 5.81. The normalized spacial score (nSPS) is 12.6. The van der Waals surface area contributed by atoms with Crippen LogP contribution in [-0.4, -0.2) is 36.2 Å². The molecule has 0 spiro atoms. The van der Waals surface area contributed by atoms with Crippen molar-refractivity contribution >= 4 is 22.9 Å². The molecule has 0 saturated heterocycles. The van der Waals surface area contributed by atoms with E-state index in [-0.39, 0.29) is 11.2 Å². The Kier molecular flexibility index (Phi) is 3.95. The fraction of sp³-hybridized carbons (Fsp3) is 0.263. The largest absolute Gasteiger partial charge is 0.467 e. The molecule has 4 rings (SSSR count). The maximum atomic E-state index is 12.8. The molecule has 28 heavy (non-hydrogen) atoms. The fourth-order valence-electron chi connectivity index (χ4n) is 3.47. The van der Waals surface area contributed by atoms with Crippen LogP contribution in [0, 0.1) is 0 Å². The first-order valence-corrected chi connectivity index (χ1v) is 8.69. The Morgan fingerprint density at radius 3 is 2.43 bits per heavy atom. The van der Waals surface area contributed by atoms with Crippen LogP contribution in [0.25, 0.3) is 28.2 Å². The van der Waals surface area contributed by atoms with Gasteiger partial charge in [-0.1, -0.05) is 30.3 Å². The van der Waals surface area contributed by atoms with E-state index in [0.29, 0.717) is 11.5 Å². The van der Waals surface area contributed by atoms with Crippen LogP contribution >= 0.6 is 0 Å². The molecule has 0 aliphatic carbocycles. The number of carbonyl (C=O) groups is 1. The number of benzene rings is 1. The number of rotatable bonds is 3. The first kappa shape index (κ1) is 17.8. The molecule has 0 radical (unpaired) electrons. The van der Waals surface area contributed by atoms with Crippen molar-refractivity contribution < 1.29 is 9.53 Å². The van der Waals surface area contributed by atoms with E-state index in [2.05, 4.69) is 4.98 Å². The SMILES string of the molecule is COC(=O)[C@H](C)n1c(-c2ccccc2)cn2c3c(=O)n(C)c(=O)n(C)c3nc12. The van der Waals surface area contributed by atoms with Gasteiger partial charge in [0.1, 0.15) is 6.04 Å². The molecule has 0 aliphatic rings. The van der Waals surface area contributed by atoms with Gasteiger partial charge in [0.05, 0.1) is 12.8 Å². The maximum Gasteiger partial charge on any atom is 0.332 e. The minimum Gasteiger partial charge on any atom is -0.467 e. The zero-order valence-electron chi connectivity index (χ0n) is 15.9. The number of methoxy groups -OCH3 is 1. The van der Waals surface area contributed by atoms with E-state index < -0.39 is 23.3 Å². The van der Waals surface area contributed by atoms with E-state index in [1.165, 1.54) is 18.7 Å². The Balaban J connectivity index is 2.18. The zero-order valence-corrected chi connectivity index (χ0v) is 15.9. The van der Waals surface area contributed by atoms with Crippen molar-refractivity contribution in [2.45, 2.75) is 13.0 Å². The number of fused-ring (bicyclic) bond motifs is 3. The smallest absolute Gasteiger partial charge is 0.332 e. The second-order valence-electron chi connectivity index (χ2n) is 6.61. The predicted octanol–water partition coefficient (Wildman–Crippen LogP) is 1.09. The number of nitrogens with zero attached hydrogens (tertiary/aromatic N) is 5. The number of aromatic nitrogens is 5. The molecule has 0 bridgehead atoms. The molecule has 0 fully saturated rings. The lowest BCUT2D eigenvalue weighted by molar-refractivity contribution is -0.143. The van der Waals surface area contributed by atoms with Crippen molar-refractivity contribution in [1.29, 1.82) is 0 Å². The number of aryl methyl sites for hydroxylation is 1. The Labute approximate surface area is 159 Å². The van der Waals surface area contributed by atoms with Crippen LogP contribution in [0.2, 0.25) is 0 Å². The first-order chi connectivity index (χ1) is 13.4. The summed E-state index contributed by atoms with van der Waals surface area (Å²) in [5.41, 5.74) is 1.18. The van der Waals surface area contributed by atoms with Crippen LogP contribution in [0.3, 0.4) is 0 Å². The average Bonchev–Trinajstić information content (AvgIpc) is 3.26. The summed E-state index contributed by atoms with van der Waals surface area (Å²) in [4.78, 5) is 41.9. The summed E-state index contributed by atoms with van der Waals surface area (Å²) in [5.74, 6) is -0.0609. The zero-order chi connectivity index (χ0) is 20.2. The van der Waals surface area contributed by atoms with Crippen LogP contribution in [0.4, 0.5) is 0 Å². The van der Waals surface area contributed by atoms with Crippen molar-refractivity contribution in [3.05, 3.63) is 57.4 Å². The maximum absolute atomic E-state index is 12.8. The van der Waals surface area contributed by atoms with Crippen molar-refractivity contribution in [2.24, 2.45) is 14.1 Å². The molecule has 0 amide bonds. The molecule has 1 atom stereocenters. The molecule has 0 aliphatic heterocycles. The number of esters is 1. The van der Waals surface area contributed by atoms with E-state index in [1.807, 2.05) is 30.3 Å². The van der Waals surface area contributed by atoms with E-state index in [1.54, 1.807) is 29.1 Å². The minimum absolute atomic E-state index is 0.258. The van der Waals surface area contributed by atoms with E-state index in [0.717, 1.165) is 10.1 Å². The second kappa shape index (κ2) is 6.22. The summed E-state index contributed by atoms with van der Waals surface area (Å²) < 4.78 is 10.6. The first-order valence-electron chi connectivity index (χ1n) is 8.69. The molecule has 3 aromatic heterocycles. The van der Waals surface area contributed by atoms with Crippen LogP contribution in [-0.2, 0) is 23.6 Å². The van der Waals surface area contributed by atoms with Gasteiger partial charge in [-0.25, -0.2) is 9.59 Å². The molecule has 4 aromatic rings. The standard InChI is InChI=1S/C19H19N5O4/c1-11(17(26)28-4)24-13(12-8-6-5-7-9-12)10-23-14-15(20-18(23)24)21(2)19(27)22(3)16(14)25/h5-11H,1-4H3/t11-/m0/s1. The molecule has 144 valence electrons. The van der Waals surface area contributed by atoms with Crippen molar-refractivity contribution in [2.75, 3.05) is 7.11 Å². The van der Waals surface area contributed by atoms with Gasteiger partial charge >= 0.3 is 11.7 Å². The molecular weight excluding hydrogens is 362 g/mol. The summed E-state index contributed by atoms with van der Waals surface area (Å²) in [6.07, 6.45) is 1.76. The van der Waals surface area contributed by atoms with Crippen LogP contribution in [0.1, 0.15) is 13.0 Å². The number of hydrogen-bond donors (Lipinski definition) is 0. The topological polar surface area (TPSA) is 92.5 Å². The lowest BCUT2D eigenvalue weighted by Crippen LogP contribution is -2.37. The van der Waals surface area contributed by atoms with Crippen molar-refractivity contribution in [3.8, 4) is 11.3 Å². The molecule has 1 aromatic carbocycles. The van der Waals surface area contributed by atoms with Gasteiger partial charge in [-0.2, -0.15) is 4.98 Å². The number of hydrogen-bond acceptors (Lipinski definition) is 5. The molecule has 0 saturated carbocycles. The van der Waals surface area contributed by atoms with Gasteiger partial charge in [-0.05, 0) is 12.5 Å². The fourth-order valence-corrected chi connectivity index (χ4v) is 3.47. The van der Waals surface area contributed by atoms with Crippen LogP contribution < -0.4 is 11.2 Å². The Morgan fingerprint density at radius 2 is 1.79 bits per heavy atom. The number of ether oxygens (including phenoxy) is 1. The Morgan fingerprint density at radius 1 is 1.11 bits per heavy atom. The molecule has 9 nitrogen and oxygen atoms in total. The van der Waals surface area contributed by atoms with Gasteiger partial charge in [-0.15, -0.1) is 0 Å². The van der Waals surface area contributed by atoms with Crippen LogP contribution in [0.5, 0.6) is 0 Å². The minimum atomic E-state index is -0.685. The van der Waals surface area contributed by atoms with E-state index in [4.69, 9.17) is 4.74 Å². The third-order valence-corrected chi connectivity index (χ3v) is 5.00. The van der Waals surface area contributed by atoms with Crippen molar-refractivity contribution in [3.63, 3.8) is 0 Å². The Bertz CT molecular complexity index is 1340. The monoisotopic (exact) mass is 381 g/mol. The summed E-state index contributed by atoms with van der Waals surface area (Å²) >= 11 is 0. The molecule has 0 unspecified atom stereocenters. The van der Waals surface area contributed by atoms with Gasteiger partial charge < -0.3 is 4.74 Å². The average molecular weight is 381 g/mol. The highest BCUT2D eigenvalue weighted by atomic mass is 16.5. The summed E-state index contributed by atoms with van der Waals surface area (Å²) in [7, 11) is 4.31. The van der Waals surface area contributed by atoms with E-state index in [9.17, 15) is 14.4 Å². The van der Waals surface area contributed by atoms with Gasteiger partial charge in [0, 0.05) is 20.3 Å². The molecule has 9 heteroatoms. The Hall–Kier alpha value is -3.62. The highest BCUT2D eigenvalue weighted by Crippen LogP contribution is 2.29. The second-order valence-corrected chi connectivity index (χ2v) is 6.61. The summed E-state index contributed by atoms with van der Waals surface area (Å²) in [6.45, 7) is 1.70. The lowest BCUT2D eigenvalue weighted by atomic mass is 10.1.